The monoisotopic (exact) mass is 253 g/mol. The second-order valence-electron chi connectivity index (χ2n) is 5.14. The van der Waals surface area contributed by atoms with E-state index >= 15 is 0 Å². The van der Waals surface area contributed by atoms with Crippen LogP contribution < -0.4 is 5.32 Å². The van der Waals surface area contributed by atoms with Gasteiger partial charge in [0.05, 0.1) is 5.56 Å². The lowest BCUT2D eigenvalue weighted by Crippen LogP contribution is -2.39. The number of carbonyl (C=O) groups excluding carboxylic acids is 1. The molecule has 3 nitrogen and oxygen atoms in total. The summed E-state index contributed by atoms with van der Waals surface area (Å²) >= 11 is 0. The number of hydrogen-bond acceptors (Lipinski definition) is 1. The minimum atomic E-state index is -0.0390. The van der Waals surface area contributed by atoms with Crippen LogP contribution in [0.2, 0.25) is 0 Å². The van der Waals surface area contributed by atoms with E-state index in [-0.39, 0.29) is 5.91 Å². The van der Waals surface area contributed by atoms with Crippen LogP contribution in [0.1, 0.15) is 29.5 Å². The topological polar surface area (TPSA) is 32.1 Å². The Hall–Kier alpha value is -2.16. The fourth-order valence-corrected chi connectivity index (χ4v) is 2.78. The largest absolute Gasteiger partial charge is 0.321 e. The summed E-state index contributed by atoms with van der Waals surface area (Å²) in [5, 5.41) is 2.81. The van der Waals surface area contributed by atoms with Crippen molar-refractivity contribution in [2.75, 3.05) is 0 Å². The Morgan fingerprint density at radius 2 is 2.05 bits per heavy atom. The van der Waals surface area contributed by atoms with Gasteiger partial charge in [0.2, 0.25) is 11.4 Å². The van der Waals surface area contributed by atoms with Crippen LogP contribution in [0.4, 0.5) is 0 Å². The van der Waals surface area contributed by atoms with Gasteiger partial charge in [0.15, 0.2) is 6.54 Å². The van der Waals surface area contributed by atoms with Gasteiger partial charge in [-0.15, -0.1) is 0 Å². The molecule has 19 heavy (non-hydrogen) atoms. The number of rotatable bonds is 0. The molecule has 2 heterocycles. The van der Waals surface area contributed by atoms with Gasteiger partial charge >= 0.3 is 5.91 Å². The van der Waals surface area contributed by atoms with E-state index in [0.717, 1.165) is 42.1 Å². The number of aryl methyl sites for hydroxylation is 1. The van der Waals surface area contributed by atoms with E-state index in [4.69, 9.17) is 0 Å². The standard InChI is InChI=1S/C16H16N2O/c1-10-5-4-6-13-12(3)18(9-14(10)13)15-8-7-11(2)17-16(15)19/h4-6H,2-3,7-9H2,1H3/p+1. The van der Waals surface area contributed by atoms with E-state index in [0.29, 0.717) is 0 Å². The van der Waals surface area contributed by atoms with Gasteiger partial charge in [-0.25, -0.2) is 0 Å². The van der Waals surface area contributed by atoms with Crippen LogP contribution in [0.15, 0.2) is 37.1 Å². The van der Waals surface area contributed by atoms with Crippen molar-refractivity contribution in [1.82, 2.24) is 5.32 Å². The number of allylic oxidation sites excluding steroid dienone is 1. The van der Waals surface area contributed by atoms with Gasteiger partial charge < -0.3 is 5.32 Å². The number of benzene rings is 1. The van der Waals surface area contributed by atoms with Gasteiger partial charge in [-0.1, -0.05) is 18.7 Å². The molecule has 1 aromatic rings. The van der Waals surface area contributed by atoms with Crippen LogP contribution in [0.3, 0.4) is 0 Å². The third-order valence-corrected chi connectivity index (χ3v) is 3.91. The highest BCUT2D eigenvalue weighted by Crippen LogP contribution is 2.31. The van der Waals surface area contributed by atoms with Crippen molar-refractivity contribution >= 4 is 17.3 Å². The molecular weight excluding hydrogens is 236 g/mol. The van der Waals surface area contributed by atoms with Gasteiger partial charge in [0, 0.05) is 17.7 Å². The minimum absolute atomic E-state index is 0.0390. The van der Waals surface area contributed by atoms with E-state index in [1.54, 1.807) is 0 Å². The Balaban J connectivity index is 2.06. The van der Waals surface area contributed by atoms with Gasteiger partial charge in [0.25, 0.3) is 0 Å². The van der Waals surface area contributed by atoms with Gasteiger partial charge in [-0.3, -0.25) is 4.79 Å². The fraction of sp³-hybridized carbons (Fsp3) is 0.250. The molecule has 0 radical (unpaired) electrons. The van der Waals surface area contributed by atoms with Gasteiger partial charge in [-0.2, -0.15) is 4.58 Å². The maximum Gasteiger partial charge on any atom is 0.315 e. The van der Waals surface area contributed by atoms with E-state index in [1.807, 2.05) is 10.6 Å². The second-order valence-corrected chi connectivity index (χ2v) is 5.14. The summed E-state index contributed by atoms with van der Waals surface area (Å²) in [5.74, 6) is -0.0390. The molecule has 2 aliphatic heterocycles. The summed E-state index contributed by atoms with van der Waals surface area (Å²) in [4.78, 5) is 12.1. The molecule has 3 rings (SSSR count). The first-order valence-electron chi connectivity index (χ1n) is 6.48. The minimum Gasteiger partial charge on any atom is -0.321 e. The maximum atomic E-state index is 12.1. The quantitative estimate of drug-likeness (QED) is 0.707. The van der Waals surface area contributed by atoms with Crippen molar-refractivity contribution in [2.45, 2.75) is 26.3 Å². The first-order valence-corrected chi connectivity index (χ1v) is 6.48. The smallest absolute Gasteiger partial charge is 0.315 e. The number of piperidine rings is 1. The molecule has 1 aromatic carbocycles. The molecule has 0 unspecified atom stereocenters. The summed E-state index contributed by atoms with van der Waals surface area (Å²) in [6, 6.07) is 6.21. The molecular formula is C16H17N2O+. The van der Waals surface area contributed by atoms with Crippen molar-refractivity contribution in [3.05, 3.63) is 53.7 Å². The molecule has 2 aliphatic rings. The third-order valence-electron chi connectivity index (χ3n) is 3.91. The van der Waals surface area contributed by atoms with Crippen molar-refractivity contribution in [1.29, 1.82) is 0 Å². The first kappa shape index (κ1) is 11.9. The van der Waals surface area contributed by atoms with Crippen LogP contribution in [0, 0.1) is 6.92 Å². The Morgan fingerprint density at radius 3 is 2.74 bits per heavy atom. The molecule has 1 fully saturated rings. The highest BCUT2D eigenvalue weighted by molar-refractivity contribution is 6.38. The summed E-state index contributed by atoms with van der Waals surface area (Å²) < 4.78 is 2.04. The second kappa shape index (κ2) is 4.19. The number of nitrogens with one attached hydrogen (secondary N) is 1. The lowest BCUT2D eigenvalue weighted by molar-refractivity contribution is -0.441. The molecule has 1 N–H and O–H groups in total. The number of nitrogens with zero attached hydrogens (tertiary/aromatic N) is 1. The van der Waals surface area contributed by atoms with Crippen molar-refractivity contribution < 1.29 is 9.37 Å². The third kappa shape index (κ3) is 1.82. The number of carbonyl (C=O) groups is 1. The van der Waals surface area contributed by atoms with Crippen LogP contribution in [-0.4, -0.2) is 16.2 Å². The first-order chi connectivity index (χ1) is 9.08. The van der Waals surface area contributed by atoms with Crippen LogP contribution in [0.5, 0.6) is 0 Å². The summed E-state index contributed by atoms with van der Waals surface area (Å²) in [6.45, 7) is 10.8. The number of hydrogen-bond donors (Lipinski definition) is 1. The molecule has 0 atom stereocenters. The molecule has 0 saturated carbocycles. The Morgan fingerprint density at radius 1 is 1.26 bits per heavy atom. The number of amides is 1. The summed E-state index contributed by atoms with van der Waals surface area (Å²) in [7, 11) is 0. The molecule has 3 heteroatoms. The van der Waals surface area contributed by atoms with E-state index in [9.17, 15) is 4.79 Å². The van der Waals surface area contributed by atoms with Crippen LogP contribution in [-0.2, 0) is 11.3 Å². The summed E-state index contributed by atoms with van der Waals surface area (Å²) in [6.07, 6.45) is 1.54. The SMILES string of the molecule is C=C1CCC(=[N+]2Cc3c(C)cccc3C2=C)C(=O)N1. The Kier molecular flexibility index (Phi) is 2.63. The van der Waals surface area contributed by atoms with E-state index in [2.05, 4.69) is 37.5 Å². The lowest BCUT2D eigenvalue weighted by atomic mass is 10.0. The molecule has 0 aromatic heterocycles. The molecule has 1 saturated heterocycles. The normalized spacial score (nSPS) is 22.5. The molecule has 0 spiro atoms. The Labute approximate surface area is 113 Å². The highest BCUT2D eigenvalue weighted by Gasteiger charge is 2.35. The van der Waals surface area contributed by atoms with Gasteiger partial charge in [0.1, 0.15) is 0 Å². The highest BCUT2D eigenvalue weighted by atomic mass is 16.2. The Bertz CT molecular complexity index is 653. The molecule has 0 bridgehead atoms. The van der Waals surface area contributed by atoms with Crippen molar-refractivity contribution in [2.24, 2.45) is 0 Å². The van der Waals surface area contributed by atoms with Gasteiger partial charge in [-0.05, 0) is 31.6 Å². The molecule has 1 amide bonds. The van der Waals surface area contributed by atoms with Crippen LogP contribution in [0.25, 0.3) is 5.70 Å². The number of fused-ring (bicyclic) bond motifs is 1. The zero-order chi connectivity index (χ0) is 13.6. The zero-order valence-electron chi connectivity index (χ0n) is 11.1. The van der Waals surface area contributed by atoms with Crippen LogP contribution >= 0.6 is 0 Å². The summed E-state index contributed by atoms with van der Waals surface area (Å²) in [5.41, 5.74) is 6.21. The van der Waals surface area contributed by atoms with Crippen molar-refractivity contribution in [3.63, 3.8) is 0 Å². The maximum absolute atomic E-state index is 12.1. The average molecular weight is 253 g/mol. The fourth-order valence-electron chi connectivity index (χ4n) is 2.78. The predicted molar refractivity (Wildman–Crippen MR) is 75.7 cm³/mol. The van der Waals surface area contributed by atoms with E-state index < -0.39 is 0 Å². The zero-order valence-corrected chi connectivity index (χ0v) is 11.1. The average Bonchev–Trinajstić information content (AvgIpc) is 2.69. The van der Waals surface area contributed by atoms with E-state index in [1.165, 1.54) is 11.1 Å². The molecule has 0 aliphatic carbocycles. The predicted octanol–water partition coefficient (Wildman–Crippen LogP) is 2.36. The van der Waals surface area contributed by atoms with Crippen molar-refractivity contribution in [3.8, 4) is 0 Å². The lowest BCUT2D eigenvalue weighted by Gasteiger charge is -2.14. The molecule has 96 valence electrons.